The fourth-order valence-corrected chi connectivity index (χ4v) is 1.97. The molecule has 1 fully saturated rings. The molecule has 0 bridgehead atoms. The number of nitrogens with zero attached hydrogens (tertiary/aromatic N) is 2. The van der Waals surface area contributed by atoms with Crippen molar-refractivity contribution in [2.45, 2.75) is 32.1 Å². The predicted octanol–water partition coefficient (Wildman–Crippen LogP) is 1.15. The minimum atomic E-state index is -0.0681. The topological polar surface area (TPSA) is 72.6 Å². The molecule has 1 aliphatic rings. The fourth-order valence-electron chi connectivity index (χ4n) is 1.97. The summed E-state index contributed by atoms with van der Waals surface area (Å²) in [5, 5.41) is 3.69. The molecule has 2 rings (SSSR count). The van der Waals surface area contributed by atoms with Crippen molar-refractivity contribution in [3.8, 4) is 5.88 Å². The van der Waals surface area contributed by atoms with Gasteiger partial charge in [0.15, 0.2) is 0 Å². The summed E-state index contributed by atoms with van der Waals surface area (Å²) in [7, 11) is 1.52. The average Bonchev–Trinajstić information content (AvgIpc) is 2.81. The first kappa shape index (κ1) is 12.6. The van der Waals surface area contributed by atoms with Crippen LogP contribution in [0.15, 0.2) is 10.6 Å². The summed E-state index contributed by atoms with van der Waals surface area (Å²) in [6, 6.07) is 1.71. The number of amides is 2. The molecule has 1 aliphatic heterocycles. The smallest absolute Gasteiger partial charge is 0.254 e. The van der Waals surface area contributed by atoms with Crippen LogP contribution in [-0.2, 0) is 16.0 Å². The Kier molecular flexibility index (Phi) is 3.96. The number of aromatic nitrogens is 1. The van der Waals surface area contributed by atoms with Crippen molar-refractivity contribution < 1.29 is 18.8 Å². The second-order valence-electron chi connectivity index (χ2n) is 4.23. The lowest BCUT2D eigenvalue weighted by Crippen LogP contribution is -2.40. The van der Waals surface area contributed by atoms with Crippen LogP contribution in [0.2, 0.25) is 0 Å². The van der Waals surface area contributed by atoms with Gasteiger partial charge in [-0.1, -0.05) is 0 Å². The molecule has 98 valence electrons. The van der Waals surface area contributed by atoms with Crippen molar-refractivity contribution in [2.24, 2.45) is 0 Å². The van der Waals surface area contributed by atoms with Crippen LogP contribution >= 0.6 is 0 Å². The van der Waals surface area contributed by atoms with Crippen molar-refractivity contribution in [3.05, 3.63) is 11.8 Å². The Morgan fingerprint density at radius 3 is 2.72 bits per heavy atom. The van der Waals surface area contributed by atoms with E-state index in [0.29, 0.717) is 50.3 Å². The number of aryl methyl sites for hydroxylation is 1. The summed E-state index contributed by atoms with van der Waals surface area (Å²) < 4.78 is 9.94. The average molecular weight is 252 g/mol. The van der Waals surface area contributed by atoms with Crippen molar-refractivity contribution >= 4 is 11.8 Å². The van der Waals surface area contributed by atoms with Gasteiger partial charge < -0.3 is 9.26 Å². The molecular weight excluding hydrogens is 236 g/mol. The minimum absolute atomic E-state index is 0.0681. The molecule has 18 heavy (non-hydrogen) atoms. The van der Waals surface area contributed by atoms with E-state index in [1.807, 2.05) is 0 Å². The summed E-state index contributed by atoms with van der Waals surface area (Å²) in [6.45, 7) is 0.445. The molecule has 2 amide bonds. The molecule has 1 saturated heterocycles. The Morgan fingerprint density at radius 1 is 1.39 bits per heavy atom. The maximum Gasteiger partial charge on any atom is 0.254 e. The zero-order chi connectivity index (χ0) is 13.0. The maximum absolute atomic E-state index is 11.5. The number of hydrogen-bond acceptors (Lipinski definition) is 5. The molecule has 0 unspecified atom stereocenters. The van der Waals surface area contributed by atoms with Gasteiger partial charge in [0.2, 0.25) is 11.8 Å². The number of hydrogen-bond donors (Lipinski definition) is 0. The number of ether oxygens (including phenoxy) is 1. The van der Waals surface area contributed by atoms with E-state index in [-0.39, 0.29) is 11.8 Å². The van der Waals surface area contributed by atoms with Crippen LogP contribution in [0.5, 0.6) is 5.88 Å². The molecule has 1 aromatic rings. The third-order valence-electron chi connectivity index (χ3n) is 2.93. The first-order valence-corrected chi connectivity index (χ1v) is 6.03. The lowest BCUT2D eigenvalue weighted by atomic mass is 10.1. The normalized spacial score (nSPS) is 16.2. The molecule has 1 aromatic heterocycles. The predicted molar refractivity (Wildman–Crippen MR) is 61.9 cm³/mol. The van der Waals surface area contributed by atoms with Gasteiger partial charge in [0.05, 0.1) is 7.11 Å². The number of likely N-dealkylation sites (tertiary alicyclic amines) is 1. The molecule has 0 spiro atoms. The van der Waals surface area contributed by atoms with Crippen LogP contribution in [0.1, 0.15) is 31.4 Å². The van der Waals surface area contributed by atoms with Gasteiger partial charge in [-0.05, 0) is 18.0 Å². The fraction of sp³-hybridized carbons (Fsp3) is 0.583. The zero-order valence-corrected chi connectivity index (χ0v) is 10.3. The Labute approximate surface area is 105 Å². The molecule has 0 radical (unpaired) electrons. The van der Waals surface area contributed by atoms with E-state index in [1.54, 1.807) is 6.07 Å². The number of carbonyl (C=O) groups is 2. The number of imide groups is 1. The van der Waals surface area contributed by atoms with Gasteiger partial charge in [0.1, 0.15) is 5.76 Å². The highest BCUT2D eigenvalue weighted by Crippen LogP contribution is 2.15. The van der Waals surface area contributed by atoms with Crippen LogP contribution in [0.4, 0.5) is 0 Å². The summed E-state index contributed by atoms with van der Waals surface area (Å²) in [5.41, 5.74) is 0. The first-order chi connectivity index (χ1) is 8.70. The maximum atomic E-state index is 11.5. The lowest BCUT2D eigenvalue weighted by Gasteiger charge is -2.24. The van der Waals surface area contributed by atoms with E-state index in [4.69, 9.17) is 9.26 Å². The molecular formula is C12H16N2O4. The van der Waals surface area contributed by atoms with Gasteiger partial charge in [-0.3, -0.25) is 14.5 Å². The number of piperidine rings is 1. The minimum Gasteiger partial charge on any atom is -0.479 e. The van der Waals surface area contributed by atoms with Crippen molar-refractivity contribution in [2.75, 3.05) is 13.7 Å². The highest BCUT2D eigenvalue weighted by molar-refractivity contribution is 5.97. The van der Waals surface area contributed by atoms with E-state index in [2.05, 4.69) is 5.16 Å². The number of carbonyl (C=O) groups excluding carboxylic acids is 2. The zero-order valence-electron chi connectivity index (χ0n) is 10.3. The van der Waals surface area contributed by atoms with Crippen molar-refractivity contribution in [1.82, 2.24) is 10.1 Å². The van der Waals surface area contributed by atoms with E-state index < -0.39 is 0 Å². The third-order valence-corrected chi connectivity index (χ3v) is 2.93. The SMILES string of the molecule is COc1cc(CCCN2C(=O)CCCC2=O)on1. The quantitative estimate of drug-likeness (QED) is 0.735. The van der Waals surface area contributed by atoms with Crippen LogP contribution in [0.25, 0.3) is 0 Å². The van der Waals surface area contributed by atoms with E-state index in [1.165, 1.54) is 12.0 Å². The van der Waals surface area contributed by atoms with Crippen molar-refractivity contribution in [3.63, 3.8) is 0 Å². The first-order valence-electron chi connectivity index (χ1n) is 6.03. The van der Waals surface area contributed by atoms with E-state index >= 15 is 0 Å². The second-order valence-corrected chi connectivity index (χ2v) is 4.23. The van der Waals surface area contributed by atoms with Gasteiger partial charge in [-0.2, -0.15) is 0 Å². The van der Waals surface area contributed by atoms with Gasteiger partial charge in [0.25, 0.3) is 5.88 Å². The van der Waals surface area contributed by atoms with Gasteiger partial charge >= 0.3 is 0 Å². The Morgan fingerprint density at radius 2 is 2.11 bits per heavy atom. The van der Waals surface area contributed by atoms with Gasteiger partial charge in [0, 0.05) is 31.9 Å². The number of methoxy groups -OCH3 is 1. The van der Waals surface area contributed by atoms with Gasteiger partial charge in [-0.25, -0.2) is 0 Å². The summed E-state index contributed by atoms with van der Waals surface area (Å²) in [4.78, 5) is 24.4. The van der Waals surface area contributed by atoms with E-state index in [0.717, 1.165) is 0 Å². The van der Waals surface area contributed by atoms with Gasteiger partial charge in [-0.15, -0.1) is 0 Å². The van der Waals surface area contributed by atoms with Crippen LogP contribution < -0.4 is 4.74 Å². The standard InChI is InChI=1S/C12H16N2O4/c1-17-10-8-9(18-13-10)4-3-7-14-11(15)5-2-6-12(14)16/h8H,2-7H2,1H3. The second kappa shape index (κ2) is 5.66. The number of rotatable bonds is 5. The monoisotopic (exact) mass is 252 g/mol. The molecule has 0 saturated carbocycles. The highest BCUT2D eigenvalue weighted by Gasteiger charge is 2.25. The highest BCUT2D eigenvalue weighted by atomic mass is 16.5. The molecule has 0 N–H and O–H groups in total. The molecule has 0 aliphatic carbocycles. The Bertz CT molecular complexity index is 425. The Balaban J connectivity index is 1.80. The summed E-state index contributed by atoms with van der Waals surface area (Å²) in [6.07, 6.45) is 2.93. The molecule has 6 heteroatoms. The summed E-state index contributed by atoms with van der Waals surface area (Å²) >= 11 is 0. The third kappa shape index (κ3) is 2.88. The molecule has 0 aromatic carbocycles. The largest absolute Gasteiger partial charge is 0.479 e. The van der Waals surface area contributed by atoms with Crippen LogP contribution in [0.3, 0.4) is 0 Å². The Hall–Kier alpha value is -1.85. The molecule has 6 nitrogen and oxygen atoms in total. The van der Waals surface area contributed by atoms with Crippen molar-refractivity contribution in [1.29, 1.82) is 0 Å². The summed E-state index contributed by atoms with van der Waals surface area (Å²) in [5.74, 6) is 1.00. The van der Waals surface area contributed by atoms with Crippen LogP contribution in [-0.4, -0.2) is 35.5 Å². The van der Waals surface area contributed by atoms with E-state index in [9.17, 15) is 9.59 Å². The molecule has 2 heterocycles. The van der Waals surface area contributed by atoms with Crippen LogP contribution in [0, 0.1) is 0 Å². The lowest BCUT2D eigenvalue weighted by molar-refractivity contribution is -0.147. The molecule has 0 atom stereocenters.